The normalized spacial score (nSPS) is 15.8. The van der Waals surface area contributed by atoms with Crippen LogP contribution in [0.3, 0.4) is 0 Å². The Morgan fingerprint density at radius 1 is 1.38 bits per heavy atom. The van der Waals surface area contributed by atoms with Crippen molar-refractivity contribution in [3.63, 3.8) is 0 Å². The quantitative estimate of drug-likeness (QED) is 0.615. The van der Waals surface area contributed by atoms with Gasteiger partial charge in [0.1, 0.15) is 11.4 Å². The van der Waals surface area contributed by atoms with Crippen molar-refractivity contribution in [1.82, 2.24) is 9.69 Å². The molecule has 0 spiro atoms. The minimum atomic E-state index is -0.811. The van der Waals surface area contributed by atoms with E-state index >= 15 is 0 Å². The van der Waals surface area contributed by atoms with Crippen LogP contribution in [0.1, 0.15) is 38.6 Å². The van der Waals surface area contributed by atoms with Crippen molar-refractivity contribution < 1.29 is 19.1 Å². The number of primary amides is 1. The van der Waals surface area contributed by atoms with Gasteiger partial charge in [0, 0.05) is 18.8 Å². The summed E-state index contributed by atoms with van der Waals surface area (Å²) in [7, 11) is 0. The highest BCUT2D eigenvalue weighted by Gasteiger charge is 2.27. The lowest BCUT2D eigenvalue weighted by Gasteiger charge is -2.23. The standard InChI is InChI=1S/C19H23N5O4S/c1-11-4-2-5-12(8-11)24(10-14(25)22-9-13-6-3-7-28-13)19(27)17-15(20)16(18(21)26)23-29-17/h2,4-5,8,13H,3,6-7,9-10,20H2,1H3,(H2,21,26)(H,22,25)/t13-/m0/s1. The molecule has 154 valence electrons. The zero-order chi connectivity index (χ0) is 21.0. The van der Waals surface area contributed by atoms with Gasteiger partial charge in [0.2, 0.25) is 5.91 Å². The lowest BCUT2D eigenvalue weighted by atomic mass is 10.2. The van der Waals surface area contributed by atoms with Crippen LogP contribution in [0.15, 0.2) is 24.3 Å². The predicted octanol–water partition coefficient (Wildman–Crippen LogP) is 1.07. The Hall–Kier alpha value is -2.98. The van der Waals surface area contributed by atoms with E-state index < -0.39 is 11.8 Å². The summed E-state index contributed by atoms with van der Waals surface area (Å²) in [6, 6.07) is 7.19. The molecule has 3 amide bonds. The summed E-state index contributed by atoms with van der Waals surface area (Å²) in [6.07, 6.45) is 1.87. The van der Waals surface area contributed by atoms with Crippen LogP contribution in [-0.4, -0.2) is 47.9 Å². The highest BCUT2D eigenvalue weighted by Crippen LogP contribution is 2.26. The summed E-state index contributed by atoms with van der Waals surface area (Å²) in [5.41, 5.74) is 12.4. The van der Waals surface area contributed by atoms with E-state index in [1.165, 1.54) is 4.90 Å². The minimum Gasteiger partial charge on any atom is -0.395 e. The molecule has 0 radical (unpaired) electrons. The summed E-state index contributed by atoms with van der Waals surface area (Å²) < 4.78 is 9.38. The minimum absolute atomic E-state index is 0.00247. The number of anilines is 2. The van der Waals surface area contributed by atoms with Crippen molar-refractivity contribution in [2.45, 2.75) is 25.9 Å². The maximum Gasteiger partial charge on any atom is 0.272 e. The van der Waals surface area contributed by atoms with E-state index in [1.807, 2.05) is 13.0 Å². The number of carbonyl (C=O) groups is 3. The first-order valence-electron chi connectivity index (χ1n) is 9.18. The van der Waals surface area contributed by atoms with E-state index in [2.05, 4.69) is 9.69 Å². The van der Waals surface area contributed by atoms with Crippen molar-refractivity contribution in [2.75, 3.05) is 30.3 Å². The molecule has 0 bridgehead atoms. The van der Waals surface area contributed by atoms with Gasteiger partial charge in [0.05, 0.1) is 11.8 Å². The Kier molecular flexibility index (Phi) is 6.45. The lowest BCUT2D eigenvalue weighted by Crippen LogP contribution is -2.43. The SMILES string of the molecule is Cc1cccc(N(CC(=O)NC[C@@H]2CCCO2)C(=O)c2snc(C(N)=O)c2N)c1. The maximum atomic E-state index is 13.2. The van der Waals surface area contributed by atoms with Crippen LogP contribution in [0.5, 0.6) is 0 Å². The number of benzene rings is 1. The molecule has 0 unspecified atom stereocenters. The number of rotatable bonds is 7. The van der Waals surface area contributed by atoms with Gasteiger partial charge in [0.15, 0.2) is 5.69 Å². The maximum absolute atomic E-state index is 13.2. The van der Waals surface area contributed by atoms with Gasteiger partial charge in [-0.3, -0.25) is 19.3 Å². The number of nitrogens with zero attached hydrogens (tertiary/aromatic N) is 2. The average molecular weight is 417 g/mol. The fourth-order valence-corrected chi connectivity index (χ4v) is 3.81. The van der Waals surface area contributed by atoms with Crippen LogP contribution < -0.4 is 21.7 Å². The molecular formula is C19H23N5O4S. The zero-order valence-corrected chi connectivity index (χ0v) is 16.8. The third kappa shape index (κ3) is 4.90. The third-order valence-corrected chi connectivity index (χ3v) is 5.42. The summed E-state index contributed by atoms with van der Waals surface area (Å²) in [5, 5.41) is 2.81. The van der Waals surface area contributed by atoms with Crippen molar-refractivity contribution >= 4 is 40.6 Å². The lowest BCUT2D eigenvalue weighted by molar-refractivity contribution is -0.120. The van der Waals surface area contributed by atoms with Gasteiger partial charge in [-0.15, -0.1) is 0 Å². The number of nitrogens with two attached hydrogens (primary N) is 2. The van der Waals surface area contributed by atoms with Crippen molar-refractivity contribution in [3.05, 3.63) is 40.4 Å². The predicted molar refractivity (Wildman–Crippen MR) is 110 cm³/mol. The first-order valence-corrected chi connectivity index (χ1v) is 9.96. The van der Waals surface area contributed by atoms with E-state index in [-0.39, 0.29) is 34.8 Å². The molecule has 0 aliphatic carbocycles. The topological polar surface area (TPSA) is 141 Å². The fraction of sp³-hybridized carbons (Fsp3) is 0.368. The Labute approximate surface area is 172 Å². The second-order valence-electron chi connectivity index (χ2n) is 6.81. The zero-order valence-electron chi connectivity index (χ0n) is 16.0. The van der Waals surface area contributed by atoms with Gasteiger partial charge in [0.25, 0.3) is 11.8 Å². The van der Waals surface area contributed by atoms with Gasteiger partial charge in [-0.2, -0.15) is 4.37 Å². The molecule has 5 N–H and O–H groups in total. The number of nitrogens with one attached hydrogen (secondary N) is 1. The average Bonchev–Trinajstić information content (AvgIpc) is 3.33. The van der Waals surface area contributed by atoms with Gasteiger partial charge in [-0.25, -0.2) is 0 Å². The molecule has 1 aliphatic rings. The highest BCUT2D eigenvalue weighted by molar-refractivity contribution is 7.09. The van der Waals surface area contributed by atoms with Gasteiger partial charge >= 0.3 is 0 Å². The molecule has 2 heterocycles. The number of hydrogen-bond donors (Lipinski definition) is 3. The Bertz CT molecular complexity index is 923. The first kappa shape index (κ1) is 20.7. The number of ether oxygens (including phenoxy) is 1. The van der Waals surface area contributed by atoms with E-state index in [0.29, 0.717) is 18.8 Å². The van der Waals surface area contributed by atoms with Crippen LogP contribution in [0.25, 0.3) is 0 Å². The number of aromatic nitrogens is 1. The van der Waals surface area contributed by atoms with E-state index in [0.717, 1.165) is 29.9 Å². The van der Waals surface area contributed by atoms with Gasteiger partial charge in [-0.05, 0) is 49.0 Å². The van der Waals surface area contributed by atoms with E-state index in [1.54, 1.807) is 18.2 Å². The Morgan fingerprint density at radius 2 is 2.17 bits per heavy atom. The Morgan fingerprint density at radius 3 is 2.79 bits per heavy atom. The Balaban J connectivity index is 1.82. The number of hydrogen-bond acceptors (Lipinski definition) is 7. The molecular weight excluding hydrogens is 394 g/mol. The summed E-state index contributed by atoms with van der Waals surface area (Å²) in [4.78, 5) is 38.5. The second-order valence-corrected chi connectivity index (χ2v) is 7.58. The molecule has 1 atom stereocenters. The van der Waals surface area contributed by atoms with E-state index in [9.17, 15) is 14.4 Å². The molecule has 9 nitrogen and oxygen atoms in total. The number of amides is 3. The summed E-state index contributed by atoms with van der Waals surface area (Å²) >= 11 is 0.782. The van der Waals surface area contributed by atoms with E-state index in [4.69, 9.17) is 16.2 Å². The highest BCUT2D eigenvalue weighted by atomic mass is 32.1. The molecule has 1 saturated heterocycles. The number of nitrogen functional groups attached to an aromatic ring is 1. The van der Waals surface area contributed by atoms with Gasteiger partial charge in [-0.1, -0.05) is 12.1 Å². The molecule has 0 saturated carbocycles. The monoisotopic (exact) mass is 417 g/mol. The van der Waals surface area contributed by atoms with Crippen molar-refractivity contribution in [1.29, 1.82) is 0 Å². The number of carbonyl (C=O) groups excluding carboxylic acids is 3. The van der Waals surface area contributed by atoms with Crippen molar-refractivity contribution in [2.24, 2.45) is 5.73 Å². The molecule has 3 rings (SSSR count). The molecule has 2 aromatic rings. The summed E-state index contributed by atoms with van der Waals surface area (Å²) in [5.74, 6) is -1.66. The van der Waals surface area contributed by atoms with Crippen LogP contribution in [0.4, 0.5) is 11.4 Å². The van der Waals surface area contributed by atoms with Crippen LogP contribution in [0.2, 0.25) is 0 Å². The second kappa shape index (κ2) is 9.01. The van der Waals surface area contributed by atoms with Crippen LogP contribution in [-0.2, 0) is 9.53 Å². The fourth-order valence-electron chi connectivity index (χ4n) is 3.06. The molecule has 10 heteroatoms. The molecule has 1 aromatic carbocycles. The van der Waals surface area contributed by atoms with Gasteiger partial charge < -0.3 is 21.5 Å². The number of aryl methyl sites for hydroxylation is 1. The van der Waals surface area contributed by atoms with Crippen molar-refractivity contribution in [3.8, 4) is 0 Å². The van der Waals surface area contributed by atoms with Crippen LogP contribution >= 0.6 is 11.5 Å². The largest absolute Gasteiger partial charge is 0.395 e. The van der Waals surface area contributed by atoms with Crippen LogP contribution in [0, 0.1) is 6.92 Å². The third-order valence-electron chi connectivity index (χ3n) is 4.57. The molecule has 1 aromatic heterocycles. The summed E-state index contributed by atoms with van der Waals surface area (Å²) in [6.45, 7) is 2.76. The first-order chi connectivity index (χ1) is 13.9. The molecule has 1 fully saturated rings. The smallest absolute Gasteiger partial charge is 0.272 e. The molecule has 29 heavy (non-hydrogen) atoms. The molecule has 1 aliphatic heterocycles.